The van der Waals surface area contributed by atoms with Gasteiger partial charge in [0.25, 0.3) is 17.6 Å². The number of carbonyl (C=O) groups is 2. The van der Waals surface area contributed by atoms with Crippen molar-refractivity contribution in [3.05, 3.63) is 30.1 Å². The number of H-pyrrole nitrogens is 1. The van der Waals surface area contributed by atoms with Gasteiger partial charge in [0.2, 0.25) is 0 Å². The summed E-state index contributed by atoms with van der Waals surface area (Å²) in [5.74, 6) is -0.824. The maximum Gasteiger partial charge on any atom is 0.300 e. The molecule has 1 unspecified atom stereocenters. The first-order valence-electron chi connectivity index (χ1n) is 5.77. The van der Waals surface area contributed by atoms with Crippen LogP contribution in [0.3, 0.4) is 0 Å². The van der Waals surface area contributed by atoms with Gasteiger partial charge in [-0.2, -0.15) is 5.21 Å². The summed E-state index contributed by atoms with van der Waals surface area (Å²) in [6.07, 6.45) is -0.916. The molecule has 9 heteroatoms. The van der Waals surface area contributed by atoms with Crippen molar-refractivity contribution in [1.29, 1.82) is 0 Å². The average Bonchev–Trinajstić information content (AvgIpc) is 2.99. The van der Waals surface area contributed by atoms with Crippen LogP contribution < -0.4 is 15.4 Å². The first kappa shape index (κ1) is 12.1. The van der Waals surface area contributed by atoms with Gasteiger partial charge in [-0.1, -0.05) is 12.1 Å². The molecule has 2 heterocycles. The second kappa shape index (κ2) is 4.61. The lowest BCUT2D eigenvalue weighted by Gasteiger charge is -2.32. The number of nitrogens with two attached hydrogens (primary N) is 1. The Balaban J connectivity index is 2.01. The van der Waals surface area contributed by atoms with E-state index >= 15 is 0 Å². The Morgan fingerprint density at radius 3 is 2.90 bits per heavy atom. The summed E-state index contributed by atoms with van der Waals surface area (Å²) in [4.78, 5) is 25.0. The smallest absolute Gasteiger partial charge is 0.300 e. The predicted molar refractivity (Wildman–Crippen MR) is 65.9 cm³/mol. The number of tetrazole rings is 1. The predicted octanol–water partition coefficient (Wildman–Crippen LogP) is -0.907. The van der Waals surface area contributed by atoms with E-state index < -0.39 is 17.9 Å². The Labute approximate surface area is 112 Å². The number of hydrogen-bond donors (Lipinski definition) is 2. The van der Waals surface area contributed by atoms with Crippen molar-refractivity contribution in [3.63, 3.8) is 0 Å². The molecule has 0 saturated heterocycles. The molecule has 3 N–H and O–H groups in total. The molecule has 3 rings (SSSR count). The van der Waals surface area contributed by atoms with Gasteiger partial charge in [0.05, 0.1) is 12.2 Å². The molecule has 9 nitrogen and oxygen atoms in total. The number of primary amides is 1. The summed E-state index contributed by atoms with van der Waals surface area (Å²) in [7, 11) is 0. The van der Waals surface area contributed by atoms with E-state index in [1.165, 1.54) is 4.90 Å². The van der Waals surface area contributed by atoms with E-state index in [9.17, 15) is 9.59 Å². The van der Waals surface area contributed by atoms with Crippen LogP contribution in [0.4, 0.5) is 5.69 Å². The number of benzene rings is 1. The second-order valence-corrected chi connectivity index (χ2v) is 4.13. The molecule has 1 aliphatic rings. The number of fused-ring (bicyclic) bond motifs is 1. The van der Waals surface area contributed by atoms with Gasteiger partial charge in [0, 0.05) is 0 Å². The van der Waals surface area contributed by atoms with Crippen molar-refractivity contribution in [2.24, 2.45) is 5.73 Å². The Morgan fingerprint density at radius 1 is 1.40 bits per heavy atom. The van der Waals surface area contributed by atoms with Crippen LogP contribution >= 0.6 is 0 Å². The molecule has 20 heavy (non-hydrogen) atoms. The monoisotopic (exact) mass is 274 g/mol. The van der Waals surface area contributed by atoms with Gasteiger partial charge in [-0.05, 0) is 17.3 Å². The molecule has 0 aliphatic carbocycles. The van der Waals surface area contributed by atoms with Gasteiger partial charge in [-0.15, -0.1) is 10.2 Å². The van der Waals surface area contributed by atoms with Gasteiger partial charge < -0.3 is 10.5 Å². The molecular weight excluding hydrogens is 264 g/mol. The fourth-order valence-corrected chi connectivity index (χ4v) is 1.95. The number of anilines is 1. The van der Waals surface area contributed by atoms with Crippen molar-refractivity contribution in [3.8, 4) is 5.75 Å². The zero-order valence-corrected chi connectivity index (χ0v) is 10.2. The first-order chi connectivity index (χ1) is 9.66. The number of nitrogens with one attached hydrogen (secondary N) is 1. The van der Waals surface area contributed by atoms with Crippen molar-refractivity contribution in [1.82, 2.24) is 20.6 Å². The van der Waals surface area contributed by atoms with Gasteiger partial charge in [0.15, 0.2) is 6.10 Å². The van der Waals surface area contributed by atoms with Crippen molar-refractivity contribution in [2.75, 3.05) is 11.4 Å². The Morgan fingerprint density at radius 2 is 2.20 bits per heavy atom. The summed E-state index contributed by atoms with van der Waals surface area (Å²) >= 11 is 0. The maximum atomic E-state index is 12.3. The number of nitrogens with zero attached hydrogens (tertiary/aromatic N) is 4. The summed E-state index contributed by atoms with van der Waals surface area (Å²) < 4.78 is 5.46. The van der Waals surface area contributed by atoms with Crippen LogP contribution in [0, 0.1) is 0 Å². The molecular formula is C11H10N6O3. The molecule has 0 spiro atoms. The second-order valence-electron chi connectivity index (χ2n) is 4.13. The molecule has 0 saturated carbocycles. The Bertz CT molecular complexity index is 656. The number of ether oxygens (including phenoxy) is 1. The standard InChI is InChI=1S/C11H10N6O3/c12-9(18)8-5-17(11(19)10-13-15-16-14-10)6-3-1-2-4-7(6)20-8/h1-4,8H,5H2,(H2,12,18)(H,13,14,15,16). The quantitative estimate of drug-likeness (QED) is 0.730. The van der Waals surface area contributed by atoms with Crippen molar-refractivity contribution >= 4 is 17.5 Å². The number of aromatic amines is 1. The van der Waals surface area contributed by atoms with Gasteiger partial charge in [-0.3, -0.25) is 14.5 Å². The normalized spacial score (nSPS) is 17.2. The number of para-hydroxylation sites is 2. The van der Waals surface area contributed by atoms with E-state index in [-0.39, 0.29) is 12.4 Å². The third-order valence-electron chi connectivity index (χ3n) is 2.87. The van der Waals surface area contributed by atoms with Crippen LogP contribution in [-0.2, 0) is 4.79 Å². The van der Waals surface area contributed by atoms with E-state index in [0.29, 0.717) is 11.4 Å². The lowest BCUT2D eigenvalue weighted by Crippen LogP contribution is -2.49. The highest BCUT2D eigenvalue weighted by atomic mass is 16.5. The van der Waals surface area contributed by atoms with E-state index in [0.717, 1.165) is 0 Å². The molecule has 1 aromatic carbocycles. The summed E-state index contributed by atoms with van der Waals surface area (Å²) in [5.41, 5.74) is 5.78. The highest BCUT2D eigenvalue weighted by molar-refractivity contribution is 6.05. The largest absolute Gasteiger partial charge is 0.477 e. The van der Waals surface area contributed by atoms with E-state index in [1.807, 2.05) is 0 Å². The summed E-state index contributed by atoms with van der Waals surface area (Å²) in [6.45, 7) is -0.000278. The molecule has 1 aromatic heterocycles. The number of rotatable bonds is 2. The number of carbonyl (C=O) groups excluding carboxylic acids is 2. The first-order valence-corrected chi connectivity index (χ1v) is 5.77. The number of hydrogen-bond acceptors (Lipinski definition) is 6. The van der Waals surface area contributed by atoms with Crippen molar-refractivity contribution in [2.45, 2.75) is 6.10 Å². The zero-order valence-electron chi connectivity index (χ0n) is 10.2. The minimum absolute atomic E-state index is 0.000278. The summed E-state index contributed by atoms with van der Waals surface area (Å²) in [5, 5.41) is 12.8. The van der Waals surface area contributed by atoms with E-state index in [4.69, 9.17) is 10.5 Å². The van der Waals surface area contributed by atoms with Crippen LogP contribution in [0.1, 0.15) is 10.6 Å². The van der Waals surface area contributed by atoms with E-state index in [2.05, 4.69) is 20.6 Å². The van der Waals surface area contributed by atoms with Gasteiger partial charge in [-0.25, -0.2) is 0 Å². The van der Waals surface area contributed by atoms with Crippen LogP contribution in [0.5, 0.6) is 5.75 Å². The minimum Gasteiger partial charge on any atom is -0.477 e. The molecule has 0 radical (unpaired) electrons. The van der Waals surface area contributed by atoms with Gasteiger partial charge >= 0.3 is 0 Å². The maximum absolute atomic E-state index is 12.3. The fraction of sp³-hybridized carbons (Fsp3) is 0.182. The van der Waals surface area contributed by atoms with Gasteiger partial charge in [0.1, 0.15) is 5.75 Å². The van der Waals surface area contributed by atoms with Crippen molar-refractivity contribution < 1.29 is 14.3 Å². The Hall–Kier alpha value is -2.97. The van der Waals surface area contributed by atoms with Crippen LogP contribution in [0.15, 0.2) is 24.3 Å². The van der Waals surface area contributed by atoms with Crippen LogP contribution in [0.25, 0.3) is 0 Å². The number of amides is 2. The fourth-order valence-electron chi connectivity index (χ4n) is 1.95. The van der Waals surface area contributed by atoms with Crippen LogP contribution in [-0.4, -0.2) is 45.1 Å². The molecule has 102 valence electrons. The third-order valence-corrected chi connectivity index (χ3v) is 2.87. The summed E-state index contributed by atoms with van der Waals surface area (Å²) in [6, 6.07) is 6.84. The molecule has 2 aromatic rings. The SMILES string of the molecule is NC(=O)C1CN(C(=O)c2nn[nH]n2)c2ccccc2O1. The third kappa shape index (κ3) is 1.94. The lowest BCUT2D eigenvalue weighted by molar-refractivity contribution is -0.124. The highest BCUT2D eigenvalue weighted by Gasteiger charge is 2.34. The minimum atomic E-state index is -0.916. The molecule has 0 fully saturated rings. The molecule has 1 aliphatic heterocycles. The average molecular weight is 274 g/mol. The molecule has 1 atom stereocenters. The van der Waals surface area contributed by atoms with E-state index in [1.54, 1.807) is 24.3 Å². The molecule has 0 bridgehead atoms. The highest BCUT2D eigenvalue weighted by Crippen LogP contribution is 2.33. The van der Waals surface area contributed by atoms with Crippen LogP contribution in [0.2, 0.25) is 0 Å². The topological polar surface area (TPSA) is 127 Å². The zero-order chi connectivity index (χ0) is 14.1. The lowest BCUT2D eigenvalue weighted by atomic mass is 10.1. The molecule has 2 amide bonds. The Kier molecular flexibility index (Phi) is 2.78. The number of aromatic nitrogens is 4.